The lowest BCUT2D eigenvalue weighted by Crippen LogP contribution is -2.37. The Labute approximate surface area is 128 Å². The Kier molecular flexibility index (Phi) is 5.11. The van der Waals surface area contributed by atoms with Crippen molar-refractivity contribution in [1.82, 2.24) is 5.32 Å². The molecule has 0 radical (unpaired) electrons. The molecule has 0 spiro atoms. The molecular weight excluding hydrogens is 284 g/mol. The monoisotopic (exact) mass is 302 g/mol. The summed E-state index contributed by atoms with van der Waals surface area (Å²) in [7, 11) is 0. The first-order chi connectivity index (χ1) is 10.1. The van der Waals surface area contributed by atoms with Crippen LogP contribution in [0.1, 0.15) is 22.2 Å². The Morgan fingerprint density at radius 3 is 2.48 bits per heavy atom. The van der Waals surface area contributed by atoms with Crippen LogP contribution in [-0.4, -0.2) is 24.9 Å². The van der Waals surface area contributed by atoms with Gasteiger partial charge in [-0.1, -0.05) is 23.8 Å². The standard InChI is InChI=1S/C16H18N2O2S/c1-12-5-7-14(8-6-12)18(13(2)19)10-9-17-16(20)15-4-3-11-21-15/h3-8,11H,9-10H2,1-2H3,(H,17,20). The molecule has 0 bridgehead atoms. The van der Waals surface area contributed by atoms with Gasteiger partial charge in [-0.3, -0.25) is 9.59 Å². The molecule has 1 aromatic carbocycles. The molecule has 0 saturated carbocycles. The van der Waals surface area contributed by atoms with E-state index in [0.717, 1.165) is 11.3 Å². The number of nitrogens with one attached hydrogen (secondary N) is 1. The molecule has 4 nitrogen and oxygen atoms in total. The number of aryl methyl sites for hydroxylation is 1. The third-order valence-electron chi connectivity index (χ3n) is 3.09. The van der Waals surface area contributed by atoms with E-state index in [-0.39, 0.29) is 11.8 Å². The van der Waals surface area contributed by atoms with Crippen molar-refractivity contribution in [3.63, 3.8) is 0 Å². The van der Waals surface area contributed by atoms with Gasteiger partial charge in [-0.25, -0.2) is 0 Å². The van der Waals surface area contributed by atoms with Crippen molar-refractivity contribution in [3.8, 4) is 0 Å². The van der Waals surface area contributed by atoms with Crippen LogP contribution in [0.3, 0.4) is 0 Å². The summed E-state index contributed by atoms with van der Waals surface area (Å²) in [5.41, 5.74) is 1.99. The summed E-state index contributed by atoms with van der Waals surface area (Å²) in [4.78, 5) is 25.9. The van der Waals surface area contributed by atoms with Gasteiger partial charge in [0.2, 0.25) is 5.91 Å². The SMILES string of the molecule is CC(=O)N(CCNC(=O)c1cccs1)c1ccc(C)cc1. The molecule has 0 aliphatic heterocycles. The Balaban J connectivity index is 1.93. The fraction of sp³-hybridized carbons (Fsp3) is 0.250. The van der Waals surface area contributed by atoms with Crippen molar-refractivity contribution < 1.29 is 9.59 Å². The van der Waals surface area contributed by atoms with Crippen molar-refractivity contribution in [2.45, 2.75) is 13.8 Å². The van der Waals surface area contributed by atoms with E-state index in [1.165, 1.54) is 18.3 Å². The highest BCUT2D eigenvalue weighted by molar-refractivity contribution is 7.12. The van der Waals surface area contributed by atoms with Crippen LogP contribution < -0.4 is 10.2 Å². The first kappa shape index (κ1) is 15.3. The van der Waals surface area contributed by atoms with E-state index < -0.39 is 0 Å². The summed E-state index contributed by atoms with van der Waals surface area (Å²) in [6.45, 7) is 4.41. The fourth-order valence-corrected chi connectivity index (χ4v) is 2.61. The summed E-state index contributed by atoms with van der Waals surface area (Å²) >= 11 is 1.40. The van der Waals surface area contributed by atoms with Crippen LogP contribution in [0.4, 0.5) is 5.69 Å². The van der Waals surface area contributed by atoms with Gasteiger partial charge in [-0.15, -0.1) is 11.3 Å². The second-order valence-corrected chi connectivity index (χ2v) is 5.69. The molecule has 110 valence electrons. The molecule has 1 N–H and O–H groups in total. The molecule has 0 fully saturated rings. The zero-order valence-electron chi connectivity index (χ0n) is 12.1. The molecule has 0 saturated heterocycles. The minimum absolute atomic E-state index is 0.0378. The molecule has 5 heteroatoms. The van der Waals surface area contributed by atoms with E-state index in [2.05, 4.69) is 5.32 Å². The van der Waals surface area contributed by atoms with Gasteiger partial charge in [0.25, 0.3) is 5.91 Å². The largest absolute Gasteiger partial charge is 0.350 e. The third kappa shape index (κ3) is 4.16. The maximum absolute atomic E-state index is 11.8. The number of hydrogen-bond acceptors (Lipinski definition) is 3. The first-order valence-electron chi connectivity index (χ1n) is 6.74. The lowest BCUT2D eigenvalue weighted by molar-refractivity contribution is -0.116. The van der Waals surface area contributed by atoms with Gasteiger partial charge in [-0.05, 0) is 30.5 Å². The smallest absolute Gasteiger partial charge is 0.261 e. The topological polar surface area (TPSA) is 49.4 Å². The average Bonchev–Trinajstić information content (AvgIpc) is 2.98. The van der Waals surface area contributed by atoms with E-state index >= 15 is 0 Å². The molecule has 0 aliphatic rings. The minimum atomic E-state index is -0.0996. The van der Waals surface area contributed by atoms with Crippen LogP contribution in [0.15, 0.2) is 41.8 Å². The van der Waals surface area contributed by atoms with Crippen molar-refractivity contribution in [3.05, 3.63) is 52.2 Å². The Morgan fingerprint density at radius 1 is 1.19 bits per heavy atom. The Morgan fingerprint density at radius 2 is 1.90 bits per heavy atom. The molecule has 2 aromatic rings. The maximum Gasteiger partial charge on any atom is 0.261 e. The quantitative estimate of drug-likeness (QED) is 0.923. The maximum atomic E-state index is 11.8. The predicted molar refractivity (Wildman–Crippen MR) is 85.9 cm³/mol. The number of amides is 2. The summed E-state index contributed by atoms with van der Waals surface area (Å²) in [5.74, 6) is -0.137. The number of thiophene rings is 1. The van der Waals surface area contributed by atoms with Gasteiger partial charge in [0, 0.05) is 25.7 Å². The minimum Gasteiger partial charge on any atom is -0.350 e. The normalized spacial score (nSPS) is 10.2. The van der Waals surface area contributed by atoms with Crippen LogP contribution in [-0.2, 0) is 4.79 Å². The van der Waals surface area contributed by atoms with Gasteiger partial charge in [0.15, 0.2) is 0 Å². The zero-order chi connectivity index (χ0) is 15.2. The van der Waals surface area contributed by atoms with Crippen LogP contribution in [0.25, 0.3) is 0 Å². The van der Waals surface area contributed by atoms with E-state index in [1.807, 2.05) is 42.6 Å². The molecule has 1 heterocycles. The van der Waals surface area contributed by atoms with Crippen LogP contribution >= 0.6 is 11.3 Å². The molecule has 21 heavy (non-hydrogen) atoms. The first-order valence-corrected chi connectivity index (χ1v) is 7.62. The summed E-state index contributed by atoms with van der Waals surface area (Å²) in [6.07, 6.45) is 0. The van der Waals surface area contributed by atoms with Gasteiger partial charge in [0.1, 0.15) is 0 Å². The summed E-state index contributed by atoms with van der Waals surface area (Å²) in [5, 5.41) is 4.69. The molecule has 1 aromatic heterocycles. The summed E-state index contributed by atoms with van der Waals surface area (Å²) in [6, 6.07) is 11.4. The van der Waals surface area contributed by atoms with Crippen molar-refractivity contribution in [2.75, 3.05) is 18.0 Å². The van der Waals surface area contributed by atoms with Crippen molar-refractivity contribution in [2.24, 2.45) is 0 Å². The number of carbonyl (C=O) groups excluding carboxylic acids is 2. The van der Waals surface area contributed by atoms with E-state index in [9.17, 15) is 9.59 Å². The molecule has 0 atom stereocenters. The van der Waals surface area contributed by atoms with Gasteiger partial charge < -0.3 is 10.2 Å². The van der Waals surface area contributed by atoms with E-state index in [4.69, 9.17) is 0 Å². The van der Waals surface area contributed by atoms with Crippen molar-refractivity contribution in [1.29, 1.82) is 0 Å². The van der Waals surface area contributed by atoms with Crippen LogP contribution in [0, 0.1) is 6.92 Å². The third-order valence-corrected chi connectivity index (χ3v) is 3.96. The lowest BCUT2D eigenvalue weighted by atomic mass is 10.2. The van der Waals surface area contributed by atoms with E-state index in [0.29, 0.717) is 18.0 Å². The van der Waals surface area contributed by atoms with E-state index in [1.54, 1.807) is 11.0 Å². The number of benzene rings is 1. The van der Waals surface area contributed by atoms with Gasteiger partial charge >= 0.3 is 0 Å². The Hall–Kier alpha value is -2.14. The molecule has 0 aliphatic carbocycles. The fourth-order valence-electron chi connectivity index (χ4n) is 1.97. The number of nitrogens with zero attached hydrogens (tertiary/aromatic N) is 1. The average molecular weight is 302 g/mol. The number of anilines is 1. The highest BCUT2D eigenvalue weighted by Crippen LogP contribution is 2.15. The highest BCUT2D eigenvalue weighted by Gasteiger charge is 2.12. The molecule has 0 unspecified atom stereocenters. The molecular formula is C16H18N2O2S. The van der Waals surface area contributed by atoms with Crippen LogP contribution in [0.5, 0.6) is 0 Å². The summed E-state index contributed by atoms with van der Waals surface area (Å²) < 4.78 is 0. The molecule has 2 amide bonds. The van der Waals surface area contributed by atoms with Gasteiger partial charge in [0.05, 0.1) is 4.88 Å². The predicted octanol–water partition coefficient (Wildman–Crippen LogP) is 2.84. The molecule has 2 rings (SSSR count). The zero-order valence-corrected chi connectivity index (χ0v) is 12.9. The second kappa shape index (κ2) is 7.04. The van der Waals surface area contributed by atoms with Gasteiger partial charge in [-0.2, -0.15) is 0 Å². The van der Waals surface area contributed by atoms with Crippen LogP contribution in [0.2, 0.25) is 0 Å². The highest BCUT2D eigenvalue weighted by atomic mass is 32.1. The number of hydrogen-bond donors (Lipinski definition) is 1. The number of carbonyl (C=O) groups is 2. The Bertz CT molecular complexity index is 606. The lowest BCUT2D eigenvalue weighted by Gasteiger charge is -2.21. The van der Waals surface area contributed by atoms with Crippen molar-refractivity contribution >= 4 is 28.8 Å². The number of rotatable bonds is 5. The second-order valence-electron chi connectivity index (χ2n) is 4.74.